The smallest absolute Gasteiger partial charge is 0.113 e. The Balaban J connectivity index is 2.31. The number of aromatic nitrogens is 1. The number of alkyl halides is 1. The third-order valence-corrected chi connectivity index (χ3v) is 1.57. The summed E-state index contributed by atoms with van der Waals surface area (Å²) in [5.74, 6) is 5.88. The predicted octanol–water partition coefficient (Wildman–Crippen LogP) is 2.57. The molecule has 0 radical (unpaired) electrons. The van der Waals surface area contributed by atoms with Crippen molar-refractivity contribution in [2.45, 2.75) is 19.3 Å². The maximum Gasteiger partial charge on any atom is 0.113 e. The maximum atomic E-state index is 11.7. The van der Waals surface area contributed by atoms with Gasteiger partial charge >= 0.3 is 0 Å². The van der Waals surface area contributed by atoms with Crippen LogP contribution >= 0.6 is 0 Å². The fraction of sp³-hybridized carbons (Fsp3) is 0.364. The standard InChI is InChI=1S/C11H12FN/c12-9-5-2-1-3-7-11-8-4-6-10-13-11/h4,6,8,10H,1-2,5,9H2. The van der Waals surface area contributed by atoms with Gasteiger partial charge in [-0.1, -0.05) is 12.0 Å². The quantitative estimate of drug-likeness (QED) is 0.510. The van der Waals surface area contributed by atoms with Gasteiger partial charge in [-0.15, -0.1) is 0 Å². The molecule has 1 rings (SSSR count). The lowest BCUT2D eigenvalue weighted by Gasteiger charge is -1.87. The third-order valence-electron chi connectivity index (χ3n) is 1.57. The van der Waals surface area contributed by atoms with Gasteiger partial charge in [0.1, 0.15) is 5.69 Å². The molecule has 1 nitrogen and oxygen atoms in total. The summed E-state index contributed by atoms with van der Waals surface area (Å²) in [5.41, 5.74) is 0.780. The zero-order valence-corrected chi connectivity index (χ0v) is 7.46. The van der Waals surface area contributed by atoms with Crippen LogP contribution in [0.15, 0.2) is 24.4 Å². The fourth-order valence-corrected chi connectivity index (χ4v) is 0.898. The number of halogens is 1. The topological polar surface area (TPSA) is 12.9 Å². The minimum absolute atomic E-state index is 0.245. The van der Waals surface area contributed by atoms with Crippen molar-refractivity contribution < 1.29 is 4.39 Å². The van der Waals surface area contributed by atoms with Crippen LogP contribution in [0.5, 0.6) is 0 Å². The van der Waals surface area contributed by atoms with Crippen LogP contribution in [0, 0.1) is 11.8 Å². The molecule has 0 unspecified atom stereocenters. The van der Waals surface area contributed by atoms with E-state index in [1.54, 1.807) is 6.20 Å². The third kappa shape index (κ3) is 4.27. The van der Waals surface area contributed by atoms with E-state index < -0.39 is 0 Å². The van der Waals surface area contributed by atoms with E-state index in [9.17, 15) is 4.39 Å². The Bertz CT molecular complexity index is 284. The second-order valence-electron chi connectivity index (χ2n) is 2.66. The molecule has 1 aromatic rings. The summed E-state index contributed by atoms with van der Waals surface area (Å²) >= 11 is 0. The van der Waals surface area contributed by atoms with Gasteiger partial charge in [-0.25, -0.2) is 4.98 Å². The second-order valence-corrected chi connectivity index (χ2v) is 2.66. The highest BCUT2D eigenvalue weighted by Gasteiger charge is 1.84. The van der Waals surface area contributed by atoms with Crippen LogP contribution < -0.4 is 0 Å². The average Bonchev–Trinajstić information content (AvgIpc) is 2.19. The van der Waals surface area contributed by atoms with Gasteiger partial charge in [0.2, 0.25) is 0 Å². The average molecular weight is 177 g/mol. The molecular formula is C11H12FN. The van der Waals surface area contributed by atoms with Crippen molar-refractivity contribution in [2.75, 3.05) is 6.67 Å². The second kappa shape index (κ2) is 6.19. The predicted molar refractivity (Wildman–Crippen MR) is 50.9 cm³/mol. The summed E-state index contributed by atoms with van der Waals surface area (Å²) in [6, 6.07) is 5.62. The first-order valence-electron chi connectivity index (χ1n) is 4.39. The first-order chi connectivity index (χ1) is 6.43. The Morgan fingerprint density at radius 2 is 2.23 bits per heavy atom. The number of rotatable bonds is 3. The monoisotopic (exact) mass is 177 g/mol. The summed E-state index contributed by atoms with van der Waals surface area (Å²) < 4.78 is 11.7. The number of hydrogen-bond acceptors (Lipinski definition) is 1. The molecule has 0 saturated carbocycles. The van der Waals surface area contributed by atoms with Crippen LogP contribution in [0.4, 0.5) is 4.39 Å². The summed E-state index contributed by atoms with van der Waals surface area (Å²) in [6.45, 7) is -0.245. The van der Waals surface area contributed by atoms with Crippen molar-refractivity contribution in [1.29, 1.82) is 0 Å². The van der Waals surface area contributed by atoms with Gasteiger partial charge in [0.05, 0.1) is 6.67 Å². The minimum atomic E-state index is -0.245. The fourth-order valence-electron chi connectivity index (χ4n) is 0.898. The van der Waals surface area contributed by atoms with Crippen molar-refractivity contribution in [1.82, 2.24) is 4.98 Å². The molecule has 2 heteroatoms. The Kier molecular flexibility index (Phi) is 4.63. The number of hydrogen-bond donors (Lipinski definition) is 0. The molecule has 1 heterocycles. The molecular weight excluding hydrogens is 165 g/mol. The lowest BCUT2D eigenvalue weighted by molar-refractivity contribution is 0.464. The van der Waals surface area contributed by atoms with Crippen LogP contribution in [-0.4, -0.2) is 11.7 Å². The van der Waals surface area contributed by atoms with Crippen molar-refractivity contribution >= 4 is 0 Å². The molecule has 0 aliphatic heterocycles. The van der Waals surface area contributed by atoms with E-state index in [4.69, 9.17) is 0 Å². The Hall–Kier alpha value is -1.36. The zero-order chi connectivity index (χ0) is 9.36. The van der Waals surface area contributed by atoms with Gasteiger partial charge in [0.25, 0.3) is 0 Å². The molecule has 0 bridgehead atoms. The molecule has 0 aromatic carbocycles. The molecule has 0 fully saturated rings. The Labute approximate surface area is 78.0 Å². The molecule has 0 aliphatic carbocycles. The minimum Gasteiger partial charge on any atom is -0.251 e. The van der Waals surface area contributed by atoms with E-state index in [2.05, 4.69) is 16.8 Å². The lowest BCUT2D eigenvalue weighted by Crippen LogP contribution is -1.79. The summed E-state index contributed by atoms with van der Waals surface area (Å²) in [4.78, 5) is 4.05. The molecule has 0 aliphatic rings. The first-order valence-corrected chi connectivity index (χ1v) is 4.39. The number of nitrogens with zero attached hydrogens (tertiary/aromatic N) is 1. The van der Waals surface area contributed by atoms with Crippen LogP contribution in [0.1, 0.15) is 25.0 Å². The molecule has 0 amide bonds. The van der Waals surface area contributed by atoms with Gasteiger partial charge in [-0.05, 0) is 30.9 Å². The SMILES string of the molecule is FCCCCC#Cc1ccccn1. The van der Waals surface area contributed by atoms with E-state index in [0.29, 0.717) is 6.42 Å². The number of pyridine rings is 1. The highest BCUT2D eigenvalue weighted by atomic mass is 19.1. The van der Waals surface area contributed by atoms with Crippen LogP contribution in [-0.2, 0) is 0 Å². The molecule has 13 heavy (non-hydrogen) atoms. The van der Waals surface area contributed by atoms with Crippen molar-refractivity contribution in [2.24, 2.45) is 0 Å². The van der Waals surface area contributed by atoms with Crippen LogP contribution in [0.25, 0.3) is 0 Å². The normalized spacial score (nSPS) is 9.00. The molecule has 0 N–H and O–H groups in total. The van der Waals surface area contributed by atoms with Gasteiger partial charge < -0.3 is 0 Å². The van der Waals surface area contributed by atoms with Gasteiger partial charge in [-0.2, -0.15) is 0 Å². The number of unbranched alkanes of at least 4 members (excludes halogenated alkanes) is 2. The summed E-state index contributed by atoms with van der Waals surface area (Å²) in [5, 5.41) is 0. The van der Waals surface area contributed by atoms with Crippen molar-refractivity contribution in [3.8, 4) is 11.8 Å². The highest BCUT2D eigenvalue weighted by molar-refractivity contribution is 5.26. The lowest BCUT2D eigenvalue weighted by atomic mass is 10.2. The van der Waals surface area contributed by atoms with Crippen LogP contribution in [0.2, 0.25) is 0 Å². The molecule has 1 aromatic heterocycles. The highest BCUT2D eigenvalue weighted by Crippen LogP contribution is 1.95. The van der Waals surface area contributed by atoms with Crippen molar-refractivity contribution in [3.05, 3.63) is 30.1 Å². The van der Waals surface area contributed by atoms with E-state index in [-0.39, 0.29) is 6.67 Å². The Morgan fingerprint density at radius 1 is 1.31 bits per heavy atom. The molecule has 0 atom stereocenters. The van der Waals surface area contributed by atoms with Gasteiger partial charge in [0.15, 0.2) is 0 Å². The first kappa shape index (κ1) is 9.73. The van der Waals surface area contributed by atoms with Gasteiger partial charge in [-0.3, -0.25) is 4.39 Å². The Morgan fingerprint density at radius 3 is 2.92 bits per heavy atom. The van der Waals surface area contributed by atoms with E-state index in [1.165, 1.54) is 0 Å². The molecule has 0 saturated heterocycles. The van der Waals surface area contributed by atoms with E-state index in [0.717, 1.165) is 18.5 Å². The largest absolute Gasteiger partial charge is 0.251 e. The van der Waals surface area contributed by atoms with Crippen molar-refractivity contribution in [3.63, 3.8) is 0 Å². The molecule has 0 spiro atoms. The molecule has 68 valence electrons. The van der Waals surface area contributed by atoms with E-state index in [1.807, 2.05) is 18.2 Å². The maximum absolute atomic E-state index is 11.7. The van der Waals surface area contributed by atoms with Crippen LogP contribution in [0.3, 0.4) is 0 Å². The van der Waals surface area contributed by atoms with E-state index >= 15 is 0 Å². The zero-order valence-electron chi connectivity index (χ0n) is 7.46. The summed E-state index contributed by atoms with van der Waals surface area (Å²) in [6.07, 6.45) is 3.90. The summed E-state index contributed by atoms with van der Waals surface area (Å²) in [7, 11) is 0. The van der Waals surface area contributed by atoms with Gasteiger partial charge in [0, 0.05) is 12.6 Å².